The van der Waals surface area contributed by atoms with Crippen LogP contribution in [0.5, 0.6) is 0 Å². The van der Waals surface area contributed by atoms with Gasteiger partial charge >= 0.3 is 0 Å². The Labute approximate surface area is 164 Å². The van der Waals surface area contributed by atoms with Crippen LogP contribution in [0.1, 0.15) is 25.3 Å². The maximum atomic E-state index is 12.6. The molecule has 1 aliphatic rings. The van der Waals surface area contributed by atoms with Crippen molar-refractivity contribution in [2.24, 2.45) is 5.16 Å². The molecular weight excluding hydrogens is 394 g/mol. The van der Waals surface area contributed by atoms with Gasteiger partial charge in [0.1, 0.15) is 10.4 Å². The number of nitrogens with zero attached hydrogens (tertiary/aromatic N) is 2. The molecule has 1 aliphatic carbocycles. The lowest BCUT2D eigenvalue weighted by molar-refractivity contribution is -0.110. The van der Waals surface area contributed by atoms with E-state index in [2.05, 4.69) is 15.5 Å². The van der Waals surface area contributed by atoms with E-state index >= 15 is 0 Å². The van der Waals surface area contributed by atoms with Crippen molar-refractivity contribution in [2.75, 3.05) is 11.9 Å². The summed E-state index contributed by atoms with van der Waals surface area (Å²) < 4.78 is 0.477. The first-order chi connectivity index (χ1) is 12.5. The minimum atomic E-state index is -0.517. The molecule has 0 saturated heterocycles. The van der Waals surface area contributed by atoms with E-state index in [1.54, 1.807) is 6.92 Å². The summed E-state index contributed by atoms with van der Waals surface area (Å²) in [4.78, 5) is 23.0. The summed E-state index contributed by atoms with van der Waals surface area (Å²) in [5.74, 6) is -0.455. The van der Waals surface area contributed by atoms with Crippen LogP contribution < -0.4 is 5.32 Å². The first kappa shape index (κ1) is 19.2. The predicted octanol–water partition coefficient (Wildman–Crippen LogP) is 3.79. The van der Waals surface area contributed by atoms with Gasteiger partial charge < -0.3 is 9.94 Å². The lowest BCUT2D eigenvalue weighted by Gasteiger charge is -2.10. The van der Waals surface area contributed by atoms with Crippen LogP contribution in [0, 0.1) is 0 Å². The number of carbonyl (C=O) groups is 1. The molecule has 1 fully saturated rings. The Morgan fingerprint density at radius 3 is 2.81 bits per heavy atom. The average molecular weight is 412 g/mol. The summed E-state index contributed by atoms with van der Waals surface area (Å²) >= 11 is 8.84. The molecule has 1 amide bonds. The zero-order chi connectivity index (χ0) is 18.5. The fourth-order valence-corrected chi connectivity index (χ4v) is 3.80. The summed E-state index contributed by atoms with van der Waals surface area (Å²) in [6.07, 6.45) is 3.46. The molecular formula is C17H18ClN3O3S2. The van der Waals surface area contributed by atoms with Gasteiger partial charge in [0.25, 0.3) is 5.91 Å². The molecule has 1 aromatic carbocycles. The number of anilines is 1. The van der Waals surface area contributed by atoms with Crippen molar-refractivity contribution in [1.82, 2.24) is 4.98 Å². The van der Waals surface area contributed by atoms with E-state index < -0.39 is 12.0 Å². The molecule has 0 radical (unpaired) electrons. The number of nitrogens with one attached hydrogen (secondary N) is 1. The molecule has 1 heterocycles. The number of aromatic nitrogens is 1. The van der Waals surface area contributed by atoms with Crippen LogP contribution in [0.15, 0.2) is 40.5 Å². The number of benzene rings is 1. The van der Waals surface area contributed by atoms with Gasteiger partial charge in [-0.3, -0.25) is 10.1 Å². The van der Waals surface area contributed by atoms with Crippen molar-refractivity contribution in [3.8, 4) is 0 Å². The van der Waals surface area contributed by atoms with Crippen molar-refractivity contribution >= 4 is 51.5 Å². The molecule has 0 bridgehead atoms. The van der Waals surface area contributed by atoms with E-state index in [1.807, 2.05) is 36.0 Å². The number of halogens is 1. The molecule has 1 aromatic heterocycles. The number of aliphatic hydroxyl groups excluding tert-OH is 1. The van der Waals surface area contributed by atoms with E-state index in [-0.39, 0.29) is 12.3 Å². The molecule has 0 unspecified atom stereocenters. The van der Waals surface area contributed by atoms with Crippen LogP contribution in [-0.4, -0.2) is 39.7 Å². The smallest absolute Gasteiger partial charge is 0.280 e. The fourth-order valence-electron chi connectivity index (χ4n) is 1.94. The summed E-state index contributed by atoms with van der Waals surface area (Å²) in [5.41, 5.74) is 0.732. The molecule has 1 saturated carbocycles. The third-order valence-corrected chi connectivity index (χ3v) is 5.83. The third-order valence-electron chi connectivity index (χ3n) is 3.45. The van der Waals surface area contributed by atoms with Crippen LogP contribution in [0.3, 0.4) is 0 Å². The molecule has 0 aliphatic heterocycles. The second-order valence-corrected chi connectivity index (χ2v) is 8.84. The molecule has 26 heavy (non-hydrogen) atoms. The van der Waals surface area contributed by atoms with Gasteiger partial charge in [-0.25, -0.2) is 4.98 Å². The molecule has 138 valence electrons. The Kier molecular flexibility index (Phi) is 6.53. The van der Waals surface area contributed by atoms with Crippen LogP contribution in [0.25, 0.3) is 0 Å². The third kappa shape index (κ3) is 5.44. The minimum Gasteiger partial charge on any atom is -0.392 e. The lowest BCUT2D eigenvalue weighted by atomic mass is 10.1. The second kappa shape index (κ2) is 8.85. The van der Waals surface area contributed by atoms with E-state index in [0.29, 0.717) is 20.3 Å². The van der Waals surface area contributed by atoms with Gasteiger partial charge in [0.15, 0.2) is 10.8 Å². The van der Waals surface area contributed by atoms with E-state index in [4.69, 9.17) is 21.5 Å². The van der Waals surface area contributed by atoms with Crippen molar-refractivity contribution < 1.29 is 14.7 Å². The zero-order valence-corrected chi connectivity index (χ0v) is 16.4. The Bertz CT molecular complexity index is 791. The number of hydrogen-bond acceptors (Lipinski definition) is 7. The molecule has 2 N–H and O–H groups in total. The van der Waals surface area contributed by atoms with Crippen LogP contribution in [0.2, 0.25) is 4.34 Å². The Morgan fingerprint density at radius 2 is 2.23 bits per heavy atom. The monoisotopic (exact) mass is 411 g/mol. The van der Waals surface area contributed by atoms with Crippen LogP contribution in [-0.2, 0) is 9.63 Å². The Balaban J connectivity index is 1.78. The summed E-state index contributed by atoms with van der Waals surface area (Å²) in [5, 5.41) is 16.8. The number of hydrogen-bond donors (Lipinski definition) is 2. The number of oxime groups is 1. The Hall–Kier alpha value is -1.61. The van der Waals surface area contributed by atoms with Crippen molar-refractivity contribution in [3.63, 3.8) is 0 Å². The Morgan fingerprint density at radius 1 is 1.50 bits per heavy atom. The SMILES string of the molecule is C[C@@H](CO)O/N=C(/C(=O)Nc1ncc(Cl)s1)c1ccc(SC2CC2)cc1. The number of amides is 1. The zero-order valence-electron chi connectivity index (χ0n) is 14.0. The van der Waals surface area contributed by atoms with E-state index in [9.17, 15) is 4.79 Å². The average Bonchev–Trinajstić information content (AvgIpc) is 3.36. The van der Waals surface area contributed by atoms with Gasteiger partial charge in [0, 0.05) is 15.7 Å². The van der Waals surface area contributed by atoms with Crippen LogP contribution in [0.4, 0.5) is 5.13 Å². The number of thioether (sulfide) groups is 1. The number of carbonyl (C=O) groups excluding carboxylic acids is 1. The quantitative estimate of drug-likeness (QED) is 0.510. The van der Waals surface area contributed by atoms with Gasteiger partial charge in [-0.15, -0.1) is 11.8 Å². The highest BCUT2D eigenvalue weighted by Crippen LogP contribution is 2.39. The number of rotatable bonds is 8. The van der Waals surface area contributed by atoms with E-state index in [1.165, 1.54) is 19.0 Å². The highest BCUT2D eigenvalue weighted by molar-refractivity contribution is 8.00. The summed E-state index contributed by atoms with van der Waals surface area (Å²) in [6, 6.07) is 7.61. The van der Waals surface area contributed by atoms with Gasteiger partial charge in [0.2, 0.25) is 0 Å². The minimum absolute atomic E-state index is 0.111. The summed E-state index contributed by atoms with van der Waals surface area (Å²) in [7, 11) is 0. The van der Waals surface area contributed by atoms with Crippen molar-refractivity contribution in [2.45, 2.75) is 36.0 Å². The maximum Gasteiger partial charge on any atom is 0.280 e. The van der Waals surface area contributed by atoms with Gasteiger partial charge in [-0.2, -0.15) is 0 Å². The first-order valence-electron chi connectivity index (χ1n) is 8.09. The number of thiazole rings is 1. The predicted molar refractivity (Wildman–Crippen MR) is 105 cm³/mol. The van der Waals surface area contributed by atoms with Crippen molar-refractivity contribution in [1.29, 1.82) is 0 Å². The summed E-state index contributed by atoms with van der Waals surface area (Å²) in [6.45, 7) is 1.46. The molecule has 0 spiro atoms. The normalized spacial score (nSPS) is 15.6. The van der Waals surface area contributed by atoms with Crippen molar-refractivity contribution in [3.05, 3.63) is 40.4 Å². The standard InChI is InChI=1S/C17H18ClN3O3S2/c1-10(9-22)24-21-15(16(23)20-17-19-8-14(18)26-17)11-2-4-12(5-3-11)25-13-6-7-13/h2-5,8,10,13,22H,6-7,9H2,1H3,(H,19,20,23)/b21-15+/t10-/m0/s1. The largest absolute Gasteiger partial charge is 0.392 e. The lowest BCUT2D eigenvalue weighted by Crippen LogP contribution is -2.25. The van der Waals surface area contributed by atoms with E-state index in [0.717, 1.165) is 16.2 Å². The highest BCUT2D eigenvalue weighted by atomic mass is 35.5. The number of aliphatic hydroxyl groups is 1. The molecule has 3 rings (SSSR count). The molecule has 1 atom stereocenters. The topological polar surface area (TPSA) is 83.8 Å². The van der Waals surface area contributed by atoms with Crippen LogP contribution >= 0.6 is 34.7 Å². The van der Waals surface area contributed by atoms with Gasteiger partial charge in [-0.1, -0.05) is 40.2 Å². The van der Waals surface area contributed by atoms with Gasteiger partial charge in [-0.05, 0) is 31.9 Å². The molecule has 2 aromatic rings. The second-order valence-electron chi connectivity index (χ2n) is 5.80. The molecule has 9 heteroatoms. The maximum absolute atomic E-state index is 12.6. The molecule has 6 nitrogen and oxygen atoms in total. The van der Waals surface area contributed by atoms with Gasteiger partial charge in [0.05, 0.1) is 12.8 Å². The first-order valence-corrected chi connectivity index (χ1v) is 10.2. The highest BCUT2D eigenvalue weighted by Gasteiger charge is 2.23. The fraction of sp³-hybridized carbons (Fsp3) is 0.353.